The largest absolute Gasteiger partial charge is 0.390 e. The molecule has 2 aromatic rings. The number of hydrogen-bond donors (Lipinski definition) is 1. The van der Waals surface area contributed by atoms with Crippen LogP contribution >= 0.6 is 12.2 Å². The maximum absolute atomic E-state index is 12.1. The summed E-state index contributed by atoms with van der Waals surface area (Å²) in [5.41, 5.74) is 1.10. The summed E-state index contributed by atoms with van der Waals surface area (Å²) < 4.78 is 37.9. The molecule has 0 unspecified atom stereocenters. The topological polar surface area (TPSA) is 33.6 Å². The summed E-state index contributed by atoms with van der Waals surface area (Å²) in [7, 11) is 0. The highest BCUT2D eigenvalue weighted by atomic mass is 32.1. The first-order chi connectivity index (χ1) is 7.47. The van der Waals surface area contributed by atoms with Gasteiger partial charge < -0.3 is 9.55 Å². The van der Waals surface area contributed by atoms with Crippen molar-refractivity contribution < 1.29 is 13.2 Å². The van der Waals surface area contributed by atoms with Crippen molar-refractivity contribution in [3.05, 3.63) is 23.1 Å². The Morgan fingerprint density at radius 1 is 1.44 bits per heavy atom. The zero-order valence-electron chi connectivity index (χ0n) is 8.08. The fourth-order valence-corrected chi connectivity index (χ4v) is 1.72. The van der Waals surface area contributed by atoms with Crippen LogP contribution < -0.4 is 0 Å². The third kappa shape index (κ3) is 2.24. The van der Waals surface area contributed by atoms with Gasteiger partial charge in [-0.15, -0.1) is 0 Å². The van der Waals surface area contributed by atoms with E-state index in [9.17, 15) is 13.2 Å². The second-order valence-electron chi connectivity index (χ2n) is 3.32. The molecule has 1 N–H and O–H groups in total. The maximum Gasteiger partial charge on any atom is 0.390 e. The molecule has 16 heavy (non-hydrogen) atoms. The summed E-state index contributed by atoms with van der Waals surface area (Å²) in [6.45, 7) is -0.209. The number of rotatable bonds is 2. The quantitative estimate of drug-likeness (QED) is 0.827. The molecule has 2 heterocycles. The van der Waals surface area contributed by atoms with Gasteiger partial charge >= 0.3 is 6.18 Å². The molecule has 2 rings (SSSR count). The van der Waals surface area contributed by atoms with Crippen LogP contribution in [0.15, 0.2) is 18.3 Å². The first-order valence-electron chi connectivity index (χ1n) is 4.58. The van der Waals surface area contributed by atoms with Crippen LogP contribution in [-0.4, -0.2) is 20.7 Å². The summed E-state index contributed by atoms with van der Waals surface area (Å²) in [5, 5.41) is 0. The molecule has 0 aliphatic carbocycles. The van der Waals surface area contributed by atoms with Crippen molar-refractivity contribution in [3.8, 4) is 0 Å². The number of nitrogens with zero attached hydrogens (tertiary/aromatic N) is 2. The first kappa shape index (κ1) is 11.1. The molecule has 0 aliphatic heterocycles. The molecule has 2 aromatic heterocycles. The van der Waals surface area contributed by atoms with E-state index in [0.29, 0.717) is 11.2 Å². The molecule has 3 nitrogen and oxygen atoms in total. The number of alkyl halides is 3. The van der Waals surface area contributed by atoms with E-state index >= 15 is 0 Å². The summed E-state index contributed by atoms with van der Waals surface area (Å²) in [6, 6.07) is 3.42. The Morgan fingerprint density at radius 3 is 2.88 bits per heavy atom. The molecule has 0 amide bonds. The van der Waals surface area contributed by atoms with Crippen molar-refractivity contribution in [2.45, 2.75) is 19.1 Å². The number of hydrogen-bond acceptors (Lipinski definition) is 2. The lowest BCUT2D eigenvalue weighted by molar-refractivity contribution is -0.136. The molecule has 0 radical (unpaired) electrons. The van der Waals surface area contributed by atoms with Gasteiger partial charge in [-0.05, 0) is 24.4 Å². The number of pyridine rings is 1. The van der Waals surface area contributed by atoms with Gasteiger partial charge in [0.05, 0.1) is 11.9 Å². The monoisotopic (exact) mass is 247 g/mol. The summed E-state index contributed by atoms with van der Waals surface area (Å²) in [4.78, 5) is 6.81. The molecular weight excluding hydrogens is 239 g/mol. The highest BCUT2D eigenvalue weighted by Crippen LogP contribution is 2.21. The van der Waals surface area contributed by atoms with Crippen molar-refractivity contribution >= 4 is 23.4 Å². The third-order valence-electron chi connectivity index (χ3n) is 2.15. The van der Waals surface area contributed by atoms with E-state index in [1.165, 1.54) is 10.8 Å². The lowest BCUT2D eigenvalue weighted by Crippen LogP contribution is -2.12. The molecule has 86 valence electrons. The van der Waals surface area contributed by atoms with Crippen molar-refractivity contribution in [3.63, 3.8) is 0 Å². The van der Waals surface area contributed by atoms with Crippen molar-refractivity contribution in [1.82, 2.24) is 14.5 Å². The van der Waals surface area contributed by atoms with E-state index in [0.717, 1.165) is 0 Å². The maximum atomic E-state index is 12.1. The fourth-order valence-electron chi connectivity index (χ4n) is 1.43. The van der Waals surface area contributed by atoms with Crippen molar-refractivity contribution in [2.75, 3.05) is 0 Å². The molecule has 0 aromatic carbocycles. The van der Waals surface area contributed by atoms with Crippen LogP contribution in [0.25, 0.3) is 11.2 Å². The van der Waals surface area contributed by atoms with Crippen LogP contribution in [0.5, 0.6) is 0 Å². The van der Waals surface area contributed by atoms with E-state index in [1.54, 1.807) is 12.1 Å². The van der Waals surface area contributed by atoms with Gasteiger partial charge in [-0.25, -0.2) is 4.98 Å². The van der Waals surface area contributed by atoms with Crippen LogP contribution in [0.1, 0.15) is 6.42 Å². The normalized spacial score (nSPS) is 12.2. The van der Waals surface area contributed by atoms with Crippen LogP contribution in [-0.2, 0) is 6.54 Å². The number of aromatic nitrogens is 3. The second-order valence-corrected chi connectivity index (χ2v) is 3.71. The highest BCUT2D eigenvalue weighted by molar-refractivity contribution is 7.71. The number of fused-ring (bicyclic) bond motifs is 1. The standard InChI is InChI=1S/C9H8F3N3S/c10-9(11,12)3-5-15-7-6(14-8(15)16)2-1-4-13-7/h1-2,4H,3,5H2,(H,14,16). The zero-order valence-corrected chi connectivity index (χ0v) is 8.90. The smallest absolute Gasteiger partial charge is 0.329 e. The molecule has 0 saturated carbocycles. The molecule has 0 fully saturated rings. The van der Waals surface area contributed by atoms with Gasteiger partial charge in [0, 0.05) is 12.7 Å². The molecule has 0 atom stereocenters. The van der Waals surface area contributed by atoms with Crippen molar-refractivity contribution in [2.24, 2.45) is 0 Å². The second kappa shape index (κ2) is 3.89. The average Bonchev–Trinajstić information content (AvgIpc) is 2.49. The molecular formula is C9H8F3N3S. The van der Waals surface area contributed by atoms with Gasteiger partial charge in [0.1, 0.15) is 0 Å². The Morgan fingerprint density at radius 2 is 2.19 bits per heavy atom. The number of aryl methyl sites for hydroxylation is 1. The van der Waals surface area contributed by atoms with Gasteiger partial charge in [0.2, 0.25) is 0 Å². The van der Waals surface area contributed by atoms with E-state index in [-0.39, 0.29) is 11.3 Å². The minimum atomic E-state index is -4.19. The van der Waals surface area contributed by atoms with Gasteiger partial charge in [-0.3, -0.25) is 0 Å². The predicted molar refractivity (Wildman–Crippen MR) is 55.6 cm³/mol. The molecule has 0 spiro atoms. The first-order valence-corrected chi connectivity index (χ1v) is 4.98. The Balaban J connectivity index is 2.37. The van der Waals surface area contributed by atoms with E-state index in [2.05, 4.69) is 9.97 Å². The van der Waals surface area contributed by atoms with Crippen LogP contribution in [0.2, 0.25) is 0 Å². The van der Waals surface area contributed by atoms with Gasteiger partial charge in [-0.1, -0.05) is 0 Å². The van der Waals surface area contributed by atoms with Gasteiger partial charge in [-0.2, -0.15) is 13.2 Å². The number of halogens is 3. The molecule has 0 saturated heterocycles. The Bertz CT molecular complexity index is 555. The summed E-state index contributed by atoms with van der Waals surface area (Å²) >= 11 is 4.94. The summed E-state index contributed by atoms with van der Waals surface area (Å²) in [6.07, 6.45) is -3.58. The SMILES string of the molecule is FC(F)(F)CCn1c(=S)[nH]c2cccnc21. The van der Waals surface area contributed by atoms with E-state index < -0.39 is 12.6 Å². The number of imidazole rings is 1. The predicted octanol–water partition coefficient (Wildman–Crippen LogP) is 3.05. The van der Waals surface area contributed by atoms with Crippen LogP contribution in [0.3, 0.4) is 0 Å². The minimum absolute atomic E-state index is 0.209. The molecule has 0 bridgehead atoms. The van der Waals surface area contributed by atoms with Gasteiger partial charge in [0.15, 0.2) is 10.4 Å². The molecule has 0 aliphatic rings. The number of H-pyrrole nitrogens is 1. The highest BCUT2D eigenvalue weighted by Gasteiger charge is 2.27. The molecule has 7 heteroatoms. The minimum Gasteiger partial charge on any atom is -0.329 e. The van der Waals surface area contributed by atoms with E-state index in [1.807, 2.05) is 0 Å². The Labute approximate surface area is 93.9 Å². The number of aromatic amines is 1. The van der Waals surface area contributed by atoms with E-state index in [4.69, 9.17) is 12.2 Å². The Hall–Kier alpha value is -1.37. The Kier molecular flexibility index (Phi) is 2.71. The van der Waals surface area contributed by atoms with Crippen molar-refractivity contribution in [1.29, 1.82) is 0 Å². The zero-order chi connectivity index (χ0) is 11.8. The lowest BCUT2D eigenvalue weighted by atomic mass is 10.4. The summed E-state index contributed by atoms with van der Waals surface area (Å²) in [5.74, 6) is 0. The lowest BCUT2D eigenvalue weighted by Gasteiger charge is -2.06. The fraction of sp³-hybridized carbons (Fsp3) is 0.333. The average molecular weight is 247 g/mol. The van der Waals surface area contributed by atoms with Crippen LogP contribution in [0, 0.1) is 4.77 Å². The van der Waals surface area contributed by atoms with Gasteiger partial charge in [0.25, 0.3) is 0 Å². The number of nitrogens with one attached hydrogen (secondary N) is 1. The van der Waals surface area contributed by atoms with Crippen LogP contribution in [0.4, 0.5) is 13.2 Å². The third-order valence-corrected chi connectivity index (χ3v) is 2.47.